The molecule has 0 radical (unpaired) electrons. The number of carbonyl (C=O) groups is 1. The largest absolute Gasteiger partial charge is 0.493 e. The number of aromatic nitrogens is 2. The molecule has 0 saturated heterocycles. The van der Waals surface area contributed by atoms with E-state index in [4.69, 9.17) is 9.84 Å². The van der Waals surface area contributed by atoms with Crippen molar-refractivity contribution in [2.24, 2.45) is 0 Å². The van der Waals surface area contributed by atoms with Crippen molar-refractivity contribution in [1.29, 1.82) is 0 Å². The number of ether oxygens (including phenoxy) is 1. The van der Waals surface area contributed by atoms with Crippen LogP contribution in [-0.2, 0) is 0 Å². The van der Waals surface area contributed by atoms with Crippen molar-refractivity contribution in [3.63, 3.8) is 0 Å². The smallest absolute Gasteiger partial charge is 0.341 e. The quantitative estimate of drug-likeness (QED) is 0.869. The Morgan fingerprint density at radius 3 is 2.85 bits per heavy atom. The number of hydrogen-bond acceptors (Lipinski definition) is 4. The zero-order valence-electron chi connectivity index (χ0n) is 10.9. The van der Waals surface area contributed by atoms with Crippen LogP contribution >= 0.6 is 0 Å². The van der Waals surface area contributed by atoms with E-state index in [0.29, 0.717) is 23.6 Å². The minimum Gasteiger partial charge on any atom is -0.493 e. The van der Waals surface area contributed by atoms with Crippen molar-refractivity contribution in [2.75, 3.05) is 6.61 Å². The molecule has 0 aliphatic rings. The van der Waals surface area contributed by atoms with Crippen LogP contribution in [0.4, 0.5) is 0 Å². The number of aromatic carboxylic acids is 1. The van der Waals surface area contributed by atoms with Gasteiger partial charge in [0.05, 0.1) is 12.3 Å². The average Bonchev–Trinajstić information content (AvgIpc) is 2.46. The molecule has 0 amide bonds. The maximum atomic E-state index is 11.4. The van der Waals surface area contributed by atoms with Crippen molar-refractivity contribution in [3.8, 4) is 17.0 Å². The van der Waals surface area contributed by atoms with E-state index in [0.717, 1.165) is 6.42 Å². The first kappa shape index (κ1) is 13.8. The summed E-state index contributed by atoms with van der Waals surface area (Å²) < 4.78 is 5.59. The highest BCUT2D eigenvalue weighted by molar-refractivity contribution is 5.88. The Morgan fingerprint density at radius 2 is 2.15 bits per heavy atom. The fraction of sp³-hybridized carbons (Fsp3) is 0.214. The molecule has 2 aromatic rings. The molecule has 0 spiro atoms. The number of para-hydroxylation sites is 1. The van der Waals surface area contributed by atoms with Crippen LogP contribution in [-0.4, -0.2) is 27.9 Å². The van der Waals surface area contributed by atoms with Gasteiger partial charge in [-0.2, -0.15) is 5.10 Å². The molecule has 104 valence electrons. The predicted octanol–water partition coefficient (Wildman–Crippen LogP) is 1.92. The Bertz CT molecular complexity index is 679. The van der Waals surface area contributed by atoms with Crippen LogP contribution in [0, 0.1) is 0 Å². The van der Waals surface area contributed by atoms with Gasteiger partial charge in [0.25, 0.3) is 5.56 Å². The lowest BCUT2D eigenvalue weighted by Gasteiger charge is -2.10. The lowest BCUT2D eigenvalue weighted by Crippen LogP contribution is -2.18. The number of nitrogens with one attached hydrogen (secondary N) is 1. The second-order valence-corrected chi connectivity index (χ2v) is 4.15. The summed E-state index contributed by atoms with van der Waals surface area (Å²) in [6.45, 7) is 2.54. The van der Waals surface area contributed by atoms with Gasteiger partial charge >= 0.3 is 5.97 Å². The molecule has 20 heavy (non-hydrogen) atoms. The Hall–Kier alpha value is -2.63. The molecule has 0 bridgehead atoms. The first-order valence-corrected chi connectivity index (χ1v) is 6.18. The first-order chi connectivity index (χ1) is 9.63. The molecule has 1 aromatic carbocycles. The third kappa shape index (κ3) is 2.85. The second kappa shape index (κ2) is 6.01. The minimum atomic E-state index is -1.29. The van der Waals surface area contributed by atoms with E-state index in [-0.39, 0.29) is 5.56 Å². The van der Waals surface area contributed by atoms with E-state index in [9.17, 15) is 9.59 Å². The molecule has 6 heteroatoms. The van der Waals surface area contributed by atoms with Crippen molar-refractivity contribution in [2.45, 2.75) is 13.3 Å². The molecule has 0 fully saturated rings. The number of carboxylic acid groups (broad SMARTS) is 1. The van der Waals surface area contributed by atoms with E-state index in [2.05, 4.69) is 10.2 Å². The molecule has 2 rings (SSSR count). The molecule has 1 heterocycles. The van der Waals surface area contributed by atoms with Gasteiger partial charge in [0, 0.05) is 5.56 Å². The summed E-state index contributed by atoms with van der Waals surface area (Å²) in [5.74, 6) is -0.688. The van der Waals surface area contributed by atoms with E-state index in [1.807, 2.05) is 13.0 Å². The van der Waals surface area contributed by atoms with Crippen LogP contribution in [0.25, 0.3) is 11.3 Å². The molecule has 0 unspecified atom stereocenters. The predicted molar refractivity (Wildman–Crippen MR) is 73.0 cm³/mol. The summed E-state index contributed by atoms with van der Waals surface area (Å²) in [6.07, 6.45) is 0.855. The van der Waals surface area contributed by atoms with Crippen LogP contribution in [0.2, 0.25) is 0 Å². The van der Waals surface area contributed by atoms with Crippen LogP contribution in [0.15, 0.2) is 35.1 Å². The summed E-state index contributed by atoms with van der Waals surface area (Å²) in [4.78, 5) is 22.4. The molecule has 0 atom stereocenters. The van der Waals surface area contributed by atoms with Crippen molar-refractivity contribution in [1.82, 2.24) is 10.2 Å². The Balaban J connectivity index is 2.49. The molecular weight excluding hydrogens is 260 g/mol. The Kier molecular flexibility index (Phi) is 4.14. The highest BCUT2D eigenvalue weighted by atomic mass is 16.5. The third-order valence-electron chi connectivity index (χ3n) is 2.66. The lowest BCUT2D eigenvalue weighted by atomic mass is 10.1. The van der Waals surface area contributed by atoms with Gasteiger partial charge in [-0.25, -0.2) is 9.89 Å². The number of nitrogens with zero attached hydrogens (tertiary/aromatic N) is 1. The van der Waals surface area contributed by atoms with Crippen LogP contribution in [0.5, 0.6) is 5.75 Å². The molecule has 0 aliphatic heterocycles. The molecule has 2 N–H and O–H groups in total. The average molecular weight is 274 g/mol. The third-order valence-corrected chi connectivity index (χ3v) is 2.66. The number of aromatic amines is 1. The van der Waals surface area contributed by atoms with E-state index in [1.54, 1.807) is 18.2 Å². The van der Waals surface area contributed by atoms with Gasteiger partial charge < -0.3 is 9.84 Å². The van der Waals surface area contributed by atoms with Gasteiger partial charge in [0.2, 0.25) is 0 Å². The zero-order chi connectivity index (χ0) is 14.5. The number of rotatable bonds is 5. The van der Waals surface area contributed by atoms with Gasteiger partial charge in [0.1, 0.15) is 11.3 Å². The molecule has 6 nitrogen and oxygen atoms in total. The minimum absolute atomic E-state index is 0.347. The fourth-order valence-electron chi connectivity index (χ4n) is 1.72. The van der Waals surface area contributed by atoms with Gasteiger partial charge in [-0.1, -0.05) is 19.1 Å². The lowest BCUT2D eigenvalue weighted by molar-refractivity contribution is 0.0694. The van der Waals surface area contributed by atoms with Gasteiger partial charge in [0.15, 0.2) is 0 Å². The molecular formula is C14H14N2O4. The molecule has 0 aliphatic carbocycles. The van der Waals surface area contributed by atoms with Crippen molar-refractivity contribution < 1.29 is 14.6 Å². The van der Waals surface area contributed by atoms with Crippen LogP contribution in [0.1, 0.15) is 23.7 Å². The first-order valence-electron chi connectivity index (χ1n) is 6.18. The normalized spacial score (nSPS) is 10.2. The maximum absolute atomic E-state index is 11.4. The summed E-state index contributed by atoms with van der Waals surface area (Å²) in [7, 11) is 0. The highest BCUT2D eigenvalue weighted by Crippen LogP contribution is 2.28. The Labute approximate surface area is 115 Å². The van der Waals surface area contributed by atoms with Crippen LogP contribution in [0.3, 0.4) is 0 Å². The summed E-state index contributed by atoms with van der Waals surface area (Å²) in [5, 5.41) is 15.0. The highest BCUT2D eigenvalue weighted by Gasteiger charge is 2.14. The fourth-order valence-corrected chi connectivity index (χ4v) is 1.72. The van der Waals surface area contributed by atoms with E-state index in [1.165, 1.54) is 6.07 Å². The molecule has 0 saturated carbocycles. The Morgan fingerprint density at radius 1 is 1.40 bits per heavy atom. The standard InChI is InChI=1S/C14H14N2O4/c1-2-7-20-12-6-4-3-5-9(12)11-8-10(14(18)19)13(17)16-15-11/h3-6,8H,2,7H2,1H3,(H,16,17)(H,18,19). The number of benzene rings is 1. The van der Waals surface area contributed by atoms with Crippen LogP contribution < -0.4 is 10.3 Å². The van der Waals surface area contributed by atoms with Gasteiger partial charge in [-0.3, -0.25) is 4.79 Å². The van der Waals surface area contributed by atoms with Gasteiger partial charge in [-0.05, 0) is 24.6 Å². The number of carboxylic acids is 1. The summed E-state index contributed by atoms with van der Waals surface area (Å²) >= 11 is 0. The number of H-pyrrole nitrogens is 1. The monoisotopic (exact) mass is 274 g/mol. The van der Waals surface area contributed by atoms with Crippen molar-refractivity contribution in [3.05, 3.63) is 46.2 Å². The molecule has 1 aromatic heterocycles. The second-order valence-electron chi connectivity index (χ2n) is 4.15. The van der Waals surface area contributed by atoms with E-state index >= 15 is 0 Å². The SMILES string of the molecule is CCCOc1ccccc1-c1cc(C(=O)O)c(=O)[nH]n1. The van der Waals surface area contributed by atoms with Crippen molar-refractivity contribution >= 4 is 5.97 Å². The van der Waals surface area contributed by atoms with E-state index < -0.39 is 11.5 Å². The summed E-state index contributed by atoms with van der Waals surface area (Å²) in [5.41, 5.74) is -0.0816. The summed E-state index contributed by atoms with van der Waals surface area (Å²) in [6, 6.07) is 8.39. The number of hydrogen-bond donors (Lipinski definition) is 2. The maximum Gasteiger partial charge on any atom is 0.341 e. The topological polar surface area (TPSA) is 92.3 Å². The zero-order valence-corrected chi connectivity index (χ0v) is 10.9. The van der Waals surface area contributed by atoms with Gasteiger partial charge in [-0.15, -0.1) is 0 Å².